The number of aromatic amines is 1. The summed E-state index contributed by atoms with van der Waals surface area (Å²) in [6.07, 6.45) is 7.26. The number of unbranched alkanes of at least 4 members (excludes halogenated alkanes) is 1. The highest BCUT2D eigenvalue weighted by Gasteiger charge is 2.13. The van der Waals surface area contributed by atoms with Crippen molar-refractivity contribution >= 4 is 21.8 Å². The molecule has 0 aliphatic rings. The first-order chi connectivity index (χ1) is 17.1. The van der Waals surface area contributed by atoms with Crippen LogP contribution < -0.4 is 9.46 Å². The molecule has 0 atom stereocenters. The molecule has 0 radical (unpaired) electrons. The van der Waals surface area contributed by atoms with Gasteiger partial charge in [0.25, 0.3) is 10.0 Å². The minimum atomic E-state index is -3.61. The summed E-state index contributed by atoms with van der Waals surface area (Å²) >= 11 is 0. The summed E-state index contributed by atoms with van der Waals surface area (Å²) < 4.78 is 33.7. The number of benzene rings is 3. The van der Waals surface area contributed by atoms with Crippen molar-refractivity contribution in [2.45, 2.75) is 30.6 Å². The summed E-state index contributed by atoms with van der Waals surface area (Å²) in [7, 11) is -3.61. The lowest BCUT2D eigenvalue weighted by atomic mass is 10.1. The quantitative estimate of drug-likeness (QED) is 0.280. The molecule has 2 N–H and O–H groups in total. The molecule has 1 aromatic heterocycles. The first-order valence-corrected chi connectivity index (χ1v) is 12.9. The zero-order valence-electron chi connectivity index (χ0n) is 19.2. The van der Waals surface area contributed by atoms with Gasteiger partial charge in [-0.05, 0) is 71.1 Å². The first-order valence-electron chi connectivity index (χ1n) is 11.4. The molecular weight excluding hydrogens is 462 g/mol. The van der Waals surface area contributed by atoms with Crippen molar-refractivity contribution in [3.8, 4) is 5.75 Å². The predicted molar refractivity (Wildman–Crippen MR) is 135 cm³/mol. The number of sulfonamides is 1. The van der Waals surface area contributed by atoms with Crippen LogP contribution in [0.3, 0.4) is 0 Å². The number of rotatable bonds is 12. The van der Waals surface area contributed by atoms with Crippen LogP contribution in [0.5, 0.6) is 5.75 Å². The highest BCUT2D eigenvalue weighted by atomic mass is 32.2. The van der Waals surface area contributed by atoms with Gasteiger partial charge in [-0.1, -0.05) is 60.7 Å². The zero-order chi connectivity index (χ0) is 24.3. The zero-order valence-corrected chi connectivity index (χ0v) is 20.0. The second kappa shape index (κ2) is 11.9. The molecule has 0 unspecified atom stereocenters. The van der Waals surface area contributed by atoms with Gasteiger partial charge < -0.3 is 4.74 Å². The number of anilines is 1. The van der Waals surface area contributed by atoms with Crippen LogP contribution in [-0.2, 0) is 22.9 Å². The predicted octanol–water partition coefficient (Wildman–Crippen LogP) is 4.66. The van der Waals surface area contributed by atoms with Crippen molar-refractivity contribution in [3.05, 3.63) is 102 Å². The number of nitrogens with zero attached hydrogens (tertiary/aromatic N) is 3. The Bertz CT molecular complexity index is 1340. The van der Waals surface area contributed by atoms with Crippen LogP contribution in [0.1, 0.15) is 29.8 Å². The maximum atomic E-state index is 12.5. The molecule has 180 valence electrons. The number of hydrogen-bond donors (Lipinski definition) is 2. The summed E-state index contributed by atoms with van der Waals surface area (Å²) in [5.74, 6) is 1.63. The lowest BCUT2D eigenvalue weighted by Crippen LogP contribution is -2.12. The third-order valence-corrected chi connectivity index (χ3v) is 6.67. The standard InChI is InChI=1S/C26H27N5O3S/c32-35(33,24-14-4-1-5-15-24)29-23-13-9-11-21(20-23)10-3-2-8-19-34-25-16-7-6-12-22(25)17-18-26-27-30-31-28-26/h1,3-7,9-16,20,29H,2,8,17-19H2,(H,27,28,30,31)/b10-3+. The second-order valence-electron chi connectivity index (χ2n) is 7.89. The maximum Gasteiger partial charge on any atom is 0.261 e. The molecule has 35 heavy (non-hydrogen) atoms. The van der Waals surface area contributed by atoms with Gasteiger partial charge in [0.15, 0.2) is 0 Å². The van der Waals surface area contributed by atoms with Crippen LogP contribution in [0.2, 0.25) is 0 Å². The highest BCUT2D eigenvalue weighted by molar-refractivity contribution is 7.92. The first kappa shape index (κ1) is 24.2. The lowest BCUT2D eigenvalue weighted by molar-refractivity contribution is 0.309. The molecule has 8 nitrogen and oxygen atoms in total. The monoisotopic (exact) mass is 489 g/mol. The Hall–Kier alpha value is -3.98. The lowest BCUT2D eigenvalue weighted by Gasteiger charge is -2.10. The van der Waals surface area contributed by atoms with Gasteiger partial charge in [0.1, 0.15) is 11.6 Å². The van der Waals surface area contributed by atoms with Gasteiger partial charge in [-0.2, -0.15) is 0 Å². The topological polar surface area (TPSA) is 110 Å². The Morgan fingerprint density at radius 3 is 2.60 bits per heavy atom. The number of nitrogens with one attached hydrogen (secondary N) is 2. The summed E-state index contributed by atoms with van der Waals surface area (Å²) in [5, 5.41) is 13.9. The van der Waals surface area contributed by atoms with Gasteiger partial charge in [-0.25, -0.2) is 13.5 Å². The molecule has 1 heterocycles. The van der Waals surface area contributed by atoms with E-state index in [0.717, 1.165) is 48.4 Å². The van der Waals surface area contributed by atoms with Crippen molar-refractivity contribution in [1.29, 1.82) is 0 Å². The highest BCUT2D eigenvalue weighted by Crippen LogP contribution is 2.20. The second-order valence-corrected chi connectivity index (χ2v) is 9.58. The Kier molecular flexibility index (Phi) is 8.24. The molecule has 0 aliphatic heterocycles. The molecule has 0 spiro atoms. The average molecular weight is 490 g/mol. The van der Waals surface area contributed by atoms with Crippen LogP contribution in [0.4, 0.5) is 5.69 Å². The summed E-state index contributed by atoms with van der Waals surface area (Å²) in [5.41, 5.74) is 2.57. The largest absolute Gasteiger partial charge is 0.493 e. The van der Waals surface area contributed by atoms with E-state index in [2.05, 4.69) is 37.5 Å². The van der Waals surface area contributed by atoms with E-state index in [-0.39, 0.29) is 4.90 Å². The molecule has 0 fully saturated rings. The fourth-order valence-electron chi connectivity index (χ4n) is 3.51. The maximum absolute atomic E-state index is 12.5. The van der Waals surface area contributed by atoms with Crippen LogP contribution >= 0.6 is 0 Å². The van der Waals surface area contributed by atoms with Crippen LogP contribution in [0.15, 0.2) is 89.8 Å². The minimum Gasteiger partial charge on any atom is -0.493 e. The van der Waals surface area contributed by atoms with Gasteiger partial charge in [0, 0.05) is 12.1 Å². The van der Waals surface area contributed by atoms with E-state index < -0.39 is 10.0 Å². The number of allylic oxidation sites excluding steroid dienone is 1. The molecule has 0 saturated heterocycles. The molecule has 0 saturated carbocycles. The van der Waals surface area contributed by atoms with E-state index in [1.54, 1.807) is 36.4 Å². The van der Waals surface area contributed by atoms with Crippen molar-refractivity contribution < 1.29 is 13.2 Å². The summed E-state index contributed by atoms with van der Waals surface area (Å²) in [4.78, 5) is 0.234. The van der Waals surface area contributed by atoms with E-state index in [1.165, 1.54) is 0 Å². The fraction of sp³-hybridized carbons (Fsp3) is 0.192. The Balaban J connectivity index is 1.24. The van der Waals surface area contributed by atoms with Crippen molar-refractivity contribution in [3.63, 3.8) is 0 Å². The fourth-order valence-corrected chi connectivity index (χ4v) is 4.58. The van der Waals surface area contributed by atoms with Gasteiger partial charge in [-0.15, -0.1) is 5.10 Å². The summed E-state index contributed by atoms with van der Waals surface area (Å²) in [6, 6.07) is 23.6. The number of aryl methyl sites for hydroxylation is 2. The van der Waals surface area contributed by atoms with Crippen molar-refractivity contribution in [1.82, 2.24) is 20.6 Å². The van der Waals surface area contributed by atoms with Gasteiger partial charge in [0.2, 0.25) is 0 Å². The number of H-pyrrole nitrogens is 1. The van der Waals surface area contributed by atoms with Crippen LogP contribution in [-0.4, -0.2) is 35.6 Å². The van der Waals surface area contributed by atoms with E-state index in [4.69, 9.17) is 4.74 Å². The third-order valence-electron chi connectivity index (χ3n) is 5.27. The van der Waals surface area contributed by atoms with E-state index >= 15 is 0 Å². The Morgan fingerprint density at radius 1 is 0.943 bits per heavy atom. The van der Waals surface area contributed by atoms with E-state index in [0.29, 0.717) is 12.3 Å². The Labute approximate surface area is 205 Å². The van der Waals surface area contributed by atoms with Crippen LogP contribution in [0, 0.1) is 0 Å². The molecule has 4 rings (SSSR count). The van der Waals surface area contributed by atoms with Crippen molar-refractivity contribution in [2.24, 2.45) is 0 Å². The number of tetrazole rings is 1. The molecule has 0 aliphatic carbocycles. The normalized spacial score (nSPS) is 11.5. The average Bonchev–Trinajstić information content (AvgIpc) is 3.40. The molecule has 0 amide bonds. The molecule has 3 aromatic carbocycles. The third kappa shape index (κ3) is 7.25. The SMILES string of the molecule is O=S(=O)(Nc1cccc(/C=C/CCCOc2ccccc2CCc2nnn[nH]2)c1)c1ccccc1. The van der Waals surface area contributed by atoms with Gasteiger partial charge in [-0.3, -0.25) is 4.72 Å². The van der Waals surface area contributed by atoms with Gasteiger partial charge >= 0.3 is 0 Å². The number of hydrogen-bond acceptors (Lipinski definition) is 6. The number of ether oxygens (including phenoxy) is 1. The molecule has 0 bridgehead atoms. The van der Waals surface area contributed by atoms with E-state index in [9.17, 15) is 8.42 Å². The van der Waals surface area contributed by atoms with Crippen LogP contribution in [0.25, 0.3) is 6.08 Å². The molecule has 4 aromatic rings. The smallest absolute Gasteiger partial charge is 0.261 e. The number of aromatic nitrogens is 4. The van der Waals surface area contributed by atoms with Gasteiger partial charge in [0.05, 0.1) is 11.5 Å². The van der Waals surface area contributed by atoms with Crippen molar-refractivity contribution in [2.75, 3.05) is 11.3 Å². The number of para-hydroxylation sites is 1. The molecule has 9 heteroatoms. The summed E-state index contributed by atoms with van der Waals surface area (Å²) in [6.45, 7) is 0.599. The minimum absolute atomic E-state index is 0.234. The van der Waals surface area contributed by atoms with E-state index in [1.807, 2.05) is 42.5 Å². The molecular formula is C26H27N5O3S. The Morgan fingerprint density at radius 2 is 1.77 bits per heavy atom.